The predicted octanol–water partition coefficient (Wildman–Crippen LogP) is 7.11. The van der Waals surface area contributed by atoms with Gasteiger partial charge in [0.1, 0.15) is 18.0 Å². The Morgan fingerprint density at radius 2 is 1.15 bits per heavy atom. The zero-order chi connectivity index (χ0) is 30.3. The minimum atomic E-state index is -0.693. The normalized spacial score (nSPS) is 12.3. The predicted molar refractivity (Wildman–Crippen MR) is 157 cm³/mol. The lowest BCUT2D eigenvalue weighted by Crippen LogP contribution is -2.28. The molecular formula is C33H50O8. The molecule has 0 N–H and O–H groups in total. The Morgan fingerprint density at radius 3 is 1.68 bits per heavy atom. The van der Waals surface area contributed by atoms with Crippen molar-refractivity contribution in [2.24, 2.45) is 0 Å². The molecule has 0 bridgehead atoms. The Kier molecular flexibility index (Phi) is 19.9. The monoisotopic (exact) mass is 574 g/mol. The molecule has 2 atom stereocenters. The van der Waals surface area contributed by atoms with Crippen LogP contribution in [0.2, 0.25) is 0 Å². The Balaban J connectivity index is 2.73. The molecule has 0 aliphatic carbocycles. The molecule has 0 fully saturated rings. The van der Waals surface area contributed by atoms with Gasteiger partial charge in [0, 0.05) is 12.0 Å². The van der Waals surface area contributed by atoms with Crippen LogP contribution >= 0.6 is 0 Å². The van der Waals surface area contributed by atoms with Gasteiger partial charge in [-0.15, -0.1) is 0 Å². The molecule has 0 saturated heterocycles. The average molecular weight is 575 g/mol. The second-order valence-electron chi connectivity index (χ2n) is 10.7. The molecule has 0 aliphatic rings. The Labute approximate surface area is 245 Å². The summed E-state index contributed by atoms with van der Waals surface area (Å²) < 4.78 is 16.5. The third-order valence-corrected chi connectivity index (χ3v) is 6.79. The zero-order valence-electron chi connectivity index (χ0n) is 25.3. The van der Waals surface area contributed by atoms with Gasteiger partial charge in [0.25, 0.3) is 0 Å². The van der Waals surface area contributed by atoms with Crippen LogP contribution in [0, 0.1) is 0 Å². The summed E-state index contributed by atoms with van der Waals surface area (Å²) in [4.78, 5) is 61.3. The van der Waals surface area contributed by atoms with Crippen LogP contribution in [-0.2, 0) is 33.4 Å². The van der Waals surface area contributed by atoms with E-state index in [1.165, 1.54) is 6.92 Å². The van der Waals surface area contributed by atoms with Crippen molar-refractivity contribution >= 4 is 29.5 Å². The molecule has 0 amide bonds. The average Bonchev–Trinajstić information content (AvgIpc) is 2.94. The van der Waals surface area contributed by atoms with Gasteiger partial charge < -0.3 is 19.0 Å². The number of carbonyl (C=O) groups excluding carboxylic acids is 5. The fourth-order valence-corrected chi connectivity index (χ4v) is 4.40. The van der Waals surface area contributed by atoms with Crippen molar-refractivity contribution in [1.29, 1.82) is 0 Å². The Bertz CT molecular complexity index is 911. The van der Waals surface area contributed by atoms with E-state index >= 15 is 0 Å². The Morgan fingerprint density at radius 1 is 0.634 bits per heavy atom. The zero-order valence-corrected chi connectivity index (χ0v) is 25.3. The lowest BCUT2D eigenvalue weighted by Gasteiger charge is -2.21. The smallest absolute Gasteiger partial charge is 0.310 e. The van der Waals surface area contributed by atoms with E-state index in [9.17, 15) is 24.0 Å². The van der Waals surface area contributed by atoms with Crippen LogP contribution in [0.5, 0.6) is 0 Å². The molecule has 0 saturated carbocycles. The second-order valence-corrected chi connectivity index (χ2v) is 10.7. The van der Waals surface area contributed by atoms with E-state index in [2.05, 4.69) is 13.8 Å². The van der Waals surface area contributed by atoms with Gasteiger partial charge in [-0.05, 0) is 32.6 Å². The number of hydrogen-bond acceptors (Lipinski definition) is 8. The summed E-state index contributed by atoms with van der Waals surface area (Å²) in [5.74, 6) is -2.07. The highest BCUT2D eigenvalue weighted by Gasteiger charge is 2.24. The minimum Gasteiger partial charge on any atom is -0.462 e. The summed E-state index contributed by atoms with van der Waals surface area (Å²) in [6.45, 7) is 5.30. The summed E-state index contributed by atoms with van der Waals surface area (Å²) in [7, 11) is 0. The van der Waals surface area contributed by atoms with Crippen molar-refractivity contribution < 1.29 is 38.2 Å². The first kappa shape index (κ1) is 36.0. The van der Waals surface area contributed by atoms with E-state index in [4.69, 9.17) is 14.2 Å². The van der Waals surface area contributed by atoms with Gasteiger partial charge in [0.2, 0.25) is 0 Å². The number of carbonyl (C=O) groups is 5. The Hall–Kier alpha value is -3.03. The summed E-state index contributed by atoms with van der Waals surface area (Å²) in [6, 6.07) is 8.59. The number of benzene rings is 1. The van der Waals surface area contributed by atoms with Crippen molar-refractivity contribution in [1.82, 2.24) is 0 Å². The highest BCUT2D eigenvalue weighted by atomic mass is 16.6. The van der Waals surface area contributed by atoms with Gasteiger partial charge in [-0.1, -0.05) is 95.5 Å². The number of Topliss-reactive ketones (excluding diaryl/α,β-unsaturated/α-hetero) is 2. The molecular weight excluding hydrogens is 524 g/mol. The molecule has 1 aromatic carbocycles. The van der Waals surface area contributed by atoms with E-state index in [0.717, 1.165) is 64.2 Å². The molecule has 0 aromatic heterocycles. The largest absolute Gasteiger partial charge is 0.462 e. The first-order valence-electron chi connectivity index (χ1n) is 15.4. The van der Waals surface area contributed by atoms with E-state index in [1.807, 2.05) is 0 Å². The summed E-state index contributed by atoms with van der Waals surface area (Å²) in [5.41, 5.74) is 0.456. The molecule has 41 heavy (non-hydrogen) atoms. The number of ether oxygens (including phenoxy) is 3. The number of unbranched alkanes of at least 4 members (excludes halogenated alkanes) is 8. The van der Waals surface area contributed by atoms with Crippen LogP contribution in [0.3, 0.4) is 0 Å². The third kappa shape index (κ3) is 18.9. The quantitative estimate of drug-likeness (QED) is 0.0556. The topological polar surface area (TPSA) is 113 Å². The summed E-state index contributed by atoms with van der Waals surface area (Å²) in [6.07, 6.45) is 9.58. The van der Waals surface area contributed by atoms with Crippen molar-refractivity contribution in [3.8, 4) is 0 Å². The van der Waals surface area contributed by atoms with Crippen LogP contribution < -0.4 is 0 Å². The molecule has 0 heterocycles. The molecule has 230 valence electrons. The van der Waals surface area contributed by atoms with Gasteiger partial charge in [0.05, 0.1) is 19.3 Å². The summed E-state index contributed by atoms with van der Waals surface area (Å²) >= 11 is 0. The van der Waals surface area contributed by atoms with E-state index < -0.39 is 30.1 Å². The molecule has 0 unspecified atom stereocenters. The van der Waals surface area contributed by atoms with Crippen molar-refractivity contribution in [3.05, 3.63) is 35.9 Å². The molecule has 0 radical (unpaired) electrons. The van der Waals surface area contributed by atoms with Crippen molar-refractivity contribution in [2.45, 2.75) is 136 Å². The standard InChI is InChI=1S/C33H50O8/c1-4-6-8-10-15-19-28(23-32(37)39-25-30(35)27-17-13-12-14-18-27)41-33(38)24-29(20-16-11-9-7-5-2)40-31(36)22-21-26(3)34/h12-14,17-18,28-29H,4-11,15-16,19-25H2,1-3H3/t28-,29-/m1/s1. The van der Waals surface area contributed by atoms with Crippen LogP contribution in [0.4, 0.5) is 0 Å². The molecule has 0 spiro atoms. The van der Waals surface area contributed by atoms with Gasteiger partial charge in [-0.3, -0.25) is 19.2 Å². The third-order valence-electron chi connectivity index (χ3n) is 6.79. The number of esters is 3. The van der Waals surface area contributed by atoms with E-state index in [-0.39, 0.29) is 43.9 Å². The highest BCUT2D eigenvalue weighted by molar-refractivity contribution is 5.97. The molecule has 1 aromatic rings. The van der Waals surface area contributed by atoms with Crippen molar-refractivity contribution in [3.63, 3.8) is 0 Å². The first-order valence-corrected chi connectivity index (χ1v) is 15.4. The molecule has 8 nitrogen and oxygen atoms in total. The molecule has 0 aliphatic heterocycles. The summed E-state index contributed by atoms with van der Waals surface area (Å²) in [5, 5.41) is 0. The van der Waals surface area contributed by atoms with Gasteiger partial charge >= 0.3 is 17.9 Å². The van der Waals surface area contributed by atoms with Crippen LogP contribution in [0.25, 0.3) is 0 Å². The van der Waals surface area contributed by atoms with Crippen molar-refractivity contribution in [2.75, 3.05) is 6.61 Å². The lowest BCUT2D eigenvalue weighted by atomic mass is 10.0. The SMILES string of the molecule is CCCCCCC[C@H](CC(=O)OCC(=O)c1ccccc1)OC(=O)C[C@@H](CCCCCCC)OC(=O)CCC(C)=O. The second kappa shape index (κ2) is 22.6. The lowest BCUT2D eigenvalue weighted by molar-refractivity contribution is -0.160. The van der Waals surface area contributed by atoms with Crippen LogP contribution in [-0.4, -0.2) is 48.3 Å². The first-order chi connectivity index (χ1) is 19.7. The molecule has 8 heteroatoms. The van der Waals surface area contributed by atoms with E-state index in [0.29, 0.717) is 18.4 Å². The maximum Gasteiger partial charge on any atom is 0.310 e. The minimum absolute atomic E-state index is 0.0232. The number of rotatable bonds is 24. The van der Waals surface area contributed by atoms with Gasteiger partial charge in [-0.25, -0.2) is 0 Å². The number of hydrogen-bond donors (Lipinski definition) is 0. The maximum atomic E-state index is 12.9. The van der Waals surface area contributed by atoms with Gasteiger partial charge in [-0.2, -0.15) is 0 Å². The fraction of sp³-hybridized carbons (Fsp3) is 0.667. The molecule has 1 rings (SSSR count). The van der Waals surface area contributed by atoms with Crippen LogP contribution in [0.15, 0.2) is 30.3 Å². The highest BCUT2D eigenvalue weighted by Crippen LogP contribution is 2.18. The fourth-order valence-electron chi connectivity index (χ4n) is 4.40. The van der Waals surface area contributed by atoms with Crippen LogP contribution in [0.1, 0.15) is 134 Å². The van der Waals surface area contributed by atoms with E-state index in [1.54, 1.807) is 30.3 Å². The maximum absolute atomic E-state index is 12.9. The van der Waals surface area contributed by atoms with Gasteiger partial charge in [0.15, 0.2) is 12.4 Å². The number of ketones is 2.